The molecular formula is C19H24N6O3. The summed E-state index contributed by atoms with van der Waals surface area (Å²) in [6, 6.07) is 11.5. The molecule has 0 bridgehead atoms. The number of nitrogen functional groups attached to an aromatic ring is 1. The smallest absolute Gasteiger partial charge is 0.408 e. The molecule has 1 aromatic carbocycles. The van der Waals surface area contributed by atoms with Crippen molar-refractivity contribution in [2.24, 2.45) is 10.2 Å². The van der Waals surface area contributed by atoms with Crippen molar-refractivity contribution in [1.82, 2.24) is 10.3 Å². The second-order valence-electron chi connectivity index (χ2n) is 6.99. The fraction of sp³-hybridized carbons (Fsp3) is 0.316. The number of ether oxygens (including phenoxy) is 1. The van der Waals surface area contributed by atoms with Crippen LogP contribution < -0.4 is 16.4 Å². The number of benzene rings is 1. The molecule has 2 aromatic rings. The first-order valence-corrected chi connectivity index (χ1v) is 8.68. The van der Waals surface area contributed by atoms with E-state index in [1.807, 2.05) is 18.2 Å². The number of alkyl carbamates (subject to hydrolysis) is 1. The van der Waals surface area contributed by atoms with E-state index in [0.717, 1.165) is 0 Å². The van der Waals surface area contributed by atoms with Gasteiger partial charge in [0.2, 0.25) is 5.91 Å². The monoisotopic (exact) mass is 384 g/mol. The molecule has 0 saturated carbocycles. The number of hydrogen-bond acceptors (Lipinski definition) is 7. The highest BCUT2D eigenvalue weighted by atomic mass is 16.6. The highest BCUT2D eigenvalue weighted by Gasteiger charge is 2.21. The van der Waals surface area contributed by atoms with Crippen LogP contribution in [0.1, 0.15) is 27.7 Å². The number of rotatable bonds is 5. The SMILES string of the molecule is CC(NC(=O)OC(C)(C)C)C(=O)Nc1ccc(N=Nc2ccccc2)c(N)n1. The first-order valence-electron chi connectivity index (χ1n) is 8.68. The number of nitrogens with two attached hydrogens (primary N) is 1. The maximum Gasteiger partial charge on any atom is 0.408 e. The summed E-state index contributed by atoms with van der Waals surface area (Å²) in [7, 11) is 0. The van der Waals surface area contributed by atoms with Crippen LogP contribution in [0, 0.1) is 0 Å². The molecule has 2 rings (SSSR count). The summed E-state index contributed by atoms with van der Waals surface area (Å²) in [6.07, 6.45) is -0.681. The minimum Gasteiger partial charge on any atom is -0.444 e. The molecule has 0 aliphatic carbocycles. The first-order chi connectivity index (χ1) is 13.1. The molecule has 9 heteroatoms. The molecule has 2 amide bonds. The molecule has 0 saturated heterocycles. The molecule has 0 spiro atoms. The van der Waals surface area contributed by atoms with Crippen LogP contribution in [0.5, 0.6) is 0 Å². The zero-order chi connectivity index (χ0) is 20.7. The minimum absolute atomic E-state index is 0.116. The van der Waals surface area contributed by atoms with Gasteiger partial charge in [0, 0.05) is 0 Å². The lowest BCUT2D eigenvalue weighted by Gasteiger charge is -2.21. The van der Waals surface area contributed by atoms with E-state index in [0.29, 0.717) is 11.4 Å². The third-order valence-corrected chi connectivity index (χ3v) is 3.31. The van der Waals surface area contributed by atoms with Gasteiger partial charge in [-0.25, -0.2) is 9.78 Å². The van der Waals surface area contributed by atoms with E-state index in [-0.39, 0.29) is 11.6 Å². The summed E-state index contributed by atoms with van der Waals surface area (Å²) >= 11 is 0. The van der Waals surface area contributed by atoms with Crippen molar-refractivity contribution in [3.05, 3.63) is 42.5 Å². The Balaban J connectivity index is 1.97. The molecule has 9 nitrogen and oxygen atoms in total. The summed E-state index contributed by atoms with van der Waals surface area (Å²) in [5.74, 6) is -0.111. The van der Waals surface area contributed by atoms with Crippen molar-refractivity contribution in [2.75, 3.05) is 11.1 Å². The van der Waals surface area contributed by atoms with Gasteiger partial charge in [0.1, 0.15) is 23.1 Å². The van der Waals surface area contributed by atoms with E-state index in [4.69, 9.17) is 10.5 Å². The van der Waals surface area contributed by atoms with Crippen molar-refractivity contribution >= 4 is 35.0 Å². The van der Waals surface area contributed by atoms with Gasteiger partial charge in [-0.05, 0) is 52.0 Å². The molecule has 148 valence electrons. The Morgan fingerprint density at radius 2 is 1.79 bits per heavy atom. The van der Waals surface area contributed by atoms with Crippen molar-refractivity contribution < 1.29 is 14.3 Å². The van der Waals surface area contributed by atoms with Gasteiger partial charge in [0.05, 0.1) is 5.69 Å². The third-order valence-electron chi connectivity index (χ3n) is 3.31. The molecule has 0 aliphatic rings. The van der Waals surface area contributed by atoms with E-state index >= 15 is 0 Å². The zero-order valence-corrected chi connectivity index (χ0v) is 16.3. The van der Waals surface area contributed by atoms with Crippen LogP contribution in [0.4, 0.5) is 27.8 Å². The lowest BCUT2D eigenvalue weighted by atomic mass is 10.2. The first kappa shape index (κ1) is 20.8. The molecule has 1 aromatic heterocycles. The predicted octanol–water partition coefficient (Wildman–Crippen LogP) is 3.93. The van der Waals surface area contributed by atoms with Crippen LogP contribution in [-0.2, 0) is 9.53 Å². The summed E-state index contributed by atoms with van der Waals surface area (Å²) in [4.78, 5) is 28.1. The number of amides is 2. The summed E-state index contributed by atoms with van der Waals surface area (Å²) in [5, 5.41) is 13.2. The van der Waals surface area contributed by atoms with Gasteiger partial charge in [0.25, 0.3) is 0 Å². The number of carbonyl (C=O) groups is 2. The van der Waals surface area contributed by atoms with Crippen LogP contribution in [0.2, 0.25) is 0 Å². The van der Waals surface area contributed by atoms with Gasteiger partial charge in [-0.1, -0.05) is 18.2 Å². The number of carbonyl (C=O) groups excluding carboxylic acids is 2. The number of aromatic nitrogens is 1. The fourth-order valence-electron chi connectivity index (χ4n) is 2.01. The number of nitrogens with zero attached hydrogens (tertiary/aromatic N) is 3. The standard InChI is InChI=1S/C19H24N6O3/c1-12(21-18(27)28-19(2,3)4)17(26)23-15-11-10-14(16(20)22-15)25-24-13-8-6-5-7-9-13/h5-12H,1-4H3,(H,21,27)(H3,20,22,23,26). The molecule has 0 fully saturated rings. The second-order valence-corrected chi connectivity index (χ2v) is 6.99. The third kappa shape index (κ3) is 6.67. The van der Waals surface area contributed by atoms with Crippen LogP contribution in [0.25, 0.3) is 0 Å². The number of anilines is 2. The minimum atomic E-state index is -0.824. The van der Waals surface area contributed by atoms with Crippen molar-refractivity contribution in [3.63, 3.8) is 0 Å². The maximum atomic E-state index is 12.2. The molecule has 1 atom stereocenters. The Labute approximate surface area is 163 Å². The van der Waals surface area contributed by atoms with Gasteiger partial charge in [0.15, 0.2) is 5.82 Å². The van der Waals surface area contributed by atoms with Gasteiger partial charge in [-0.2, -0.15) is 5.11 Å². The van der Waals surface area contributed by atoms with Crippen LogP contribution in [0.15, 0.2) is 52.7 Å². The van der Waals surface area contributed by atoms with Crippen molar-refractivity contribution in [2.45, 2.75) is 39.3 Å². The Bertz CT molecular complexity index is 862. The molecule has 28 heavy (non-hydrogen) atoms. The summed E-state index contributed by atoms with van der Waals surface area (Å²) in [5.41, 5.74) is 6.29. The van der Waals surface area contributed by atoms with E-state index in [1.54, 1.807) is 45.0 Å². The van der Waals surface area contributed by atoms with Crippen molar-refractivity contribution in [3.8, 4) is 0 Å². The summed E-state index contributed by atoms with van der Waals surface area (Å²) in [6.45, 7) is 6.74. The van der Waals surface area contributed by atoms with E-state index in [2.05, 4.69) is 25.8 Å². The van der Waals surface area contributed by atoms with Crippen LogP contribution in [0.3, 0.4) is 0 Å². The predicted molar refractivity (Wildman–Crippen MR) is 107 cm³/mol. The van der Waals surface area contributed by atoms with E-state index in [9.17, 15) is 9.59 Å². The molecule has 1 heterocycles. The Kier molecular flexibility index (Phi) is 6.64. The Morgan fingerprint density at radius 3 is 2.39 bits per heavy atom. The maximum absolute atomic E-state index is 12.2. The normalized spacial score (nSPS) is 12.4. The number of nitrogens with one attached hydrogen (secondary N) is 2. The van der Waals surface area contributed by atoms with Gasteiger partial charge in [-0.15, -0.1) is 5.11 Å². The van der Waals surface area contributed by atoms with Crippen LogP contribution >= 0.6 is 0 Å². The van der Waals surface area contributed by atoms with Crippen molar-refractivity contribution in [1.29, 1.82) is 0 Å². The Morgan fingerprint density at radius 1 is 1.11 bits per heavy atom. The largest absolute Gasteiger partial charge is 0.444 e. The fourth-order valence-corrected chi connectivity index (χ4v) is 2.01. The van der Waals surface area contributed by atoms with E-state index < -0.39 is 23.6 Å². The summed E-state index contributed by atoms with van der Waals surface area (Å²) < 4.78 is 5.12. The van der Waals surface area contributed by atoms with Gasteiger partial charge >= 0.3 is 6.09 Å². The molecule has 0 radical (unpaired) electrons. The van der Waals surface area contributed by atoms with Gasteiger partial charge in [-0.3, -0.25) is 4.79 Å². The number of azo groups is 1. The average Bonchev–Trinajstić information content (AvgIpc) is 2.60. The van der Waals surface area contributed by atoms with E-state index in [1.165, 1.54) is 6.92 Å². The highest BCUT2D eigenvalue weighted by Crippen LogP contribution is 2.24. The van der Waals surface area contributed by atoms with Crippen LogP contribution in [-0.4, -0.2) is 28.6 Å². The Hall–Kier alpha value is -3.49. The number of pyridine rings is 1. The molecular weight excluding hydrogens is 360 g/mol. The topological polar surface area (TPSA) is 131 Å². The molecule has 4 N–H and O–H groups in total. The lowest BCUT2D eigenvalue weighted by molar-refractivity contribution is -0.117. The number of hydrogen-bond donors (Lipinski definition) is 3. The quantitative estimate of drug-likeness (QED) is 0.672. The average molecular weight is 384 g/mol. The zero-order valence-electron chi connectivity index (χ0n) is 16.3. The second kappa shape index (κ2) is 8.94. The molecule has 0 aliphatic heterocycles. The highest BCUT2D eigenvalue weighted by molar-refractivity contribution is 5.95. The molecule has 1 unspecified atom stereocenters. The lowest BCUT2D eigenvalue weighted by Crippen LogP contribution is -2.44. The van der Waals surface area contributed by atoms with Gasteiger partial charge < -0.3 is 21.1 Å².